The lowest BCUT2D eigenvalue weighted by Crippen LogP contribution is -2.38. The van der Waals surface area contributed by atoms with Gasteiger partial charge in [0, 0.05) is 35.4 Å². The van der Waals surface area contributed by atoms with E-state index in [4.69, 9.17) is 31.5 Å². The molecule has 28 heavy (non-hydrogen) atoms. The van der Waals surface area contributed by atoms with Gasteiger partial charge in [-0.05, 0) is 36.6 Å². The molecule has 3 rings (SSSR count). The summed E-state index contributed by atoms with van der Waals surface area (Å²) in [6.45, 7) is 1.90. The SMILES string of the molecule is COc1ccc(NC(N)=NCC2(c3ccccc3Cl)CCOCC2)cc1OC. The number of hydrogen-bond acceptors (Lipinski definition) is 4. The molecule has 0 bridgehead atoms. The van der Waals surface area contributed by atoms with E-state index < -0.39 is 0 Å². The maximum Gasteiger partial charge on any atom is 0.193 e. The van der Waals surface area contributed by atoms with Crippen molar-refractivity contribution in [3.63, 3.8) is 0 Å². The Labute approximate surface area is 170 Å². The lowest BCUT2D eigenvalue weighted by molar-refractivity contribution is 0.0532. The van der Waals surface area contributed by atoms with Gasteiger partial charge in [-0.25, -0.2) is 0 Å². The molecule has 0 atom stereocenters. The van der Waals surface area contributed by atoms with Crippen molar-refractivity contribution in [3.05, 3.63) is 53.1 Å². The molecule has 0 unspecified atom stereocenters. The van der Waals surface area contributed by atoms with Gasteiger partial charge in [-0.15, -0.1) is 0 Å². The minimum atomic E-state index is -0.180. The fourth-order valence-corrected chi connectivity index (χ4v) is 3.84. The third-order valence-corrected chi connectivity index (χ3v) is 5.43. The third-order valence-electron chi connectivity index (χ3n) is 5.10. The van der Waals surface area contributed by atoms with E-state index in [1.165, 1.54) is 0 Å². The van der Waals surface area contributed by atoms with Gasteiger partial charge in [0.2, 0.25) is 0 Å². The van der Waals surface area contributed by atoms with Crippen molar-refractivity contribution in [3.8, 4) is 11.5 Å². The number of nitrogens with one attached hydrogen (secondary N) is 1. The number of anilines is 1. The Balaban J connectivity index is 1.79. The molecule has 1 heterocycles. The minimum absolute atomic E-state index is 0.180. The molecule has 1 saturated heterocycles. The summed E-state index contributed by atoms with van der Waals surface area (Å²) in [5.74, 6) is 1.62. The molecule has 2 aromatic carbocycles. The molecule has 150 valence electrons. The van der Waals surface area contributed by atoms with Gasteiger partial charge >= 0.3 is 0 Å². The second-order valence-electron chi connectivity index (χ2n) is 6.77. The number of aliphatic imine (C=N–C) groups is 1. The van der Waals surface area contributed by atoms with Crippen molar-refractivity contribution in [1.29, 1.82) is 0 Å². The molecule has 7 heteroatoms. The largest absolute Gasteiger partial charge is 0.493 e. The van der Waals surface area contributed by atoms with Crippen LogP contribution in [0.4, 0.5) is 5.69 Å². The van der Waals surface area contributed by atoms with Crippen molar-refractivity contribution in [1.82, 2.24) is 0 Å². The highest BCUT2D eigenvalue weighted by Gasteiger charge is 2.36. The number of rotatable bonds is 6. The number of benzene rings is 2. The molecule has 1 fully saturated rings. The van der Waals surface area contributed by atoms with Gasteiger partial charge in [0.1, 0.15) is 0 Å². The van der Waals surface area contributed by atoms with Crippen LogP contribution in [0.15, 0.2) is 47.5 Å². The highest BCUT2D eigenvalue weighted by atomic mass is 35.5. The molecule has 0 aromatic heterocycles. The van der Waals surface area contributed by atoms with Crippen LogP contribution in [-0.2, 0) is 10.2 Å². The number of hydrogen-bond donors (Lipinski definition) is 2. The molecular formula is C21H26ClN3O3. The molecule has 0 aliphatic carbocycles. The molecule has 0 radical (unpaired) electrons. The smallest absolute Gasteiger partial charge is 0.193 e. The normalized spacial score (nSPS) is 16.5. The van der Waals surface area contributed by atoms with Gasteiger partial charge in [0.15, 0.2) is 17.5 Å². The number of ether oxygens (including phenoxy) is 3. The van der Waals surface area contributed by atoms with Gasteiger partial charge in [-0.3, -0.25) is 4.99 Å². The van der Waals surface area contributed by atoms with Crippen LogP contribution in [-0.4, -0.2) is 39.9 Å². The van der Waals surface area contributed by atoms with Gasteiger partial charge in [0.25, 0.3) is 0 Å². The fraction of sp³-hybridized carbons (Fsp3) is 0.381. The van der Waals surface area contributed by atoms with Crippen LogP contribution in [0.25, 0.3) is 0 Å². The van der Waals surface area contributed by atoms with Gasteiger partial charge in [-0.1, -0.05) is 29.8 Å². The number of guanidine groups is 1. The fourth-order valence-electron chi connectivity index (χ4n) is 3.50. The summed E-state index contributed by atoms with van der Waals surface area (Å²) in [6.07, 6.45) is 1.70. The van der Waals surface area contributed by atoms with E-state index in [2.05, 4.69) is 16.4 Å². The van der Waals surface area contributed by atoms with Crippen LogP contribution in [0, 0.1) is 0 Å². The Morgan fingerprint density at radius 2 is 1.86 bits per heavy atom. The molecule has 3 N–H and O–H groups in total. The zero-order valence-corrected chi connectivity index (χ0v) is 17.0. The Bertz CT molecular complexity index is 835. The number of methoxy groups -OCH3 is 2. The first kappa shape index (κ1) is 20.3. The van der Waals surface area contributed by atoms with Crippen molar-refractivity contribution in [2.45, 2.75) is 18.3 Å². The maximum atomic E-state index is 6.49. The summed E-state index contributed by atoms with van der Waals surface area (Å²) in [4.78, 5) is 4.63. The van der Waals surface area contributed by atoms with Crippen LogP contribution in [0.3, 0.4) is 0 Å². The number of halogens is 1. The predicted molar refractivity (Wildman–Crippen MR) is 113 cm³/mol. The molecular weight excluding hydrogens is 378 g/mol. The Morgan fingerprint density at radius 1 is 1.14 bits per heavy atom. The van der Waals surface area contributed by atoms with Crippen LogP contribution in [0.1, 0.15) is 18.4 Å². The topological polar surface area (TPSA) is 78.1 Å². The quantitative estimate of drug-likeness (QED) is 0.566. The van der Waals surface area contributed by atoms with Crippen molar-refractivity contribution in [2.75, 3.05) is 39.3 Å². The van der Waals surface area contributed by atoms with E-state index in [-0.39, 0.29) is 5.41 Å². The number of nitrogens with two attached hydrogens (primary N) is 1. The summed E-state index contributed by atoms with van der Waals surface area (Å²) < 4.78 is 16.2. The Hall–Kier alpha value is -2.44. The van der Waals surface area contributed by atoms with E-state index in [9.17, 15) is 0 Å². The van der Waals surface area contributed by atoms with Crippen LogP contribution in [0.2, 0.25) is 5.02 Å². The monoisotopic (exact) mass is 403 g/mol. The first-order valence-electron chi connectivity index (χ1n) is 9.20. The van der Waals surface area contributed by atoms with E-state index >= 15 is 0 Å². The highest BCUT2D eigenvalue weighted by Crippen LogP contribution is 2.39. The van der Waals surface area contributed by atoms with Crippen molar-refractivity contribution in [2.24, 2.45) is 10.7 Å². The summed E-state index contributed by atoms with van der Waals surface area (Å²) in [5, 5.41) is 3.87. The lowest BCUT2D eigenvalue weighted by Gasteiger charge is -2.37. The van der Waals surface area contributed by atoms with E-state index in [1.54, 1.807) is 14.2 Å². The highest BCUT2D eigenvalue weighted by molar-refractivity contribution is 6.31. The summed E-state index contributed by atoms with van der Waals surface area (Å²) >= 11 is 6.49. The third kappa shape index (κ3) is 4.51. The van der Waals surface area contributed by atoms with Crippen LogP contribution >= 0.6 is 11.6 Å². The molecule has 0 spiro atoms. The van der Waals surface area contributed by atoms with E-state index in [0.717, 1.165) is 29.1 Å². The molecule has 1 aliphatic rings. The standard InChI is InChI=1S/C21H26ClN3O3/c1-26-18-8-7-15(13-19(18)27-2)25-20(23)24-14-21(9-11-28-12-10-21)16-5-3-4-6-17(16)22/h3-8,13H,9-12,14H2,1-2H3,(H3,23,24,25). The summed E-state index contributed by atoms with van der Waals surface area (Å²) in [6, 6.07) is 13.4. The predicted octanol–water partition coefficient (Wildman–Crippen LogP) is 3.83. The van der Waals surface area contributed by atoms with Crippen molar-refractivity contribution >= 4 is 23.2 Å². The lowest BCUT2D eigenvalue weighted by atomic mass is 9.74. The molecule has 6 nitrogen and oxygen atoms in total. The maximum absolute atomic E-state index is 6.49. The van der Waals surface area contributed by atoms with E-state index in [1.807, 2.05) is 36.4 Å². The average Bonchev–Trinajstić information content (AvgIpc) is 2.73. The molecule has 0 saturated carbocycles. The Morgan fingerprint density at radius 3 is 2.54 bits per heavy atom. The molecule has 0 amide bonds. The van der Waals surface area contributed by atoms with E-state index in [0.29, 0.717) is 37.2 Å². The first-order valence-corrected chi connectivity index (χ1v) is 9.57. The number of nitrogens with zero attached hydrogens (tertiary/aromatic N) is 1. The second-order valence-corrected chi connectivity index (χ2v) is 7.18. The second kappa shape index (κ2) is 9.17. The Kier molecular flexibility index (Phi) is 6.65. The zero-order chi connectivity index (χ0) is 20.0. The summed E-state index contributed by atoms with van der Waals surface area (Å²) in [7, 11) is 3.19. The zero-order valence-electron chi connectivity index (χ0n) is 16.2. The molecule has 1 aliphatic heterocycles. The van der Waals surface area contributed by atoms with Crippen LogP contribution in [0.5, 0.6) is 11.5 Å². The van der Waals surface area contributed by atoms with Crippen molar-refractivity contribution < 1.29 is 14.2 Å². The first-order chi connectivity index (χ1) is 13.6. The van der Waals surface area contributed by atoms with Gasteiger partial charge in [-0.2, -0.15) is 0 Å². The van der Waals surface area contributed by atoms with Gasteiger partial charge < -0.3 is 25.3 Å². The minimum Gasteiger partial charge on any atom is -0.493 e. The molecule has 2 aromatic rings. The van der Waals surface area contributed by atoms with Gasteiger partial charge in [0.05, 0.1) is 20.8 Å². The average molecular weight is 404 g/mol. The van der Waals surface area contributed by atoms with Crippen LogP contribution < -0.4 is 20.5 Å². The summed E-state index contributed by atoms with van der Waals surface area (Å²) in [5.41, 5.74) is 7.86.